The topological polar surface area (TPSA) is 64.7 Å². The Labute approximate surface area is 164 Å². The SMILES string of the molecule is CC(C)N(NC(=O)C1C2C=CC(C2)C1C(=O)NN(C(C)C)C(C)C)C(C)C. The first-order valence-electron chi connectivity index (χ1n) is 10.4. The van der Waals surface area contributed by atoms with Gasteiger partial charge in [0.2, 0.25) is 11.8 Å². The van der Waals surface area contributed by atoms with Crippen LogP contribution in [0.15, 0.2) is 12.2 Å². The summed E-state index contributed by atoms with van der Waals surface area (Å²) >= 11 is 0. The summed E-state index contributed by atoms with van der Waals surface area (Å²) in [5, 5.41) is 3.95. The summed E-state index contributed by atoms with van der Waals surface area (Å²) in [7, 11) is 0. The molecule has 0 radical (unpaired) electrons. The van der Waals surface area contributed by atoms with E-state index in [1.54, 1.807) is 0 Å². The van der Waals surface area contributed by atoms with Gasteiger partial charge >= 0.3 is 0 Å². The lowest BCUT2D eigenvalue weighted by molar-refractivity contribution is -0.142. The molecule has 2 bridgehead atoms. The van der Waals surface area contributed by atoms with Gasteiger partial charge in [-0.25, -0.2) is 10.0 Å². The van der Waals surface area contributed by atoms with E-state index in [1.165, 1.54) is 0 Å². The van der Waals surface area contributed by atoms with Crippen LogP contribution in [0.5, 0.6) is 0 Å². The largest absolute Gasteiger partial charge is 0.288 e. The molecular weight excluding hydrogens is 340 g/mol. The lowest BCUT2D eigenvalue weighted by Gasteiger charge is -2.36. The van der Waals surface area contributed by atoms with Crippen molar-refractivity contribution < 1.29 is 9.59 Å². The number of nitrogens with one attached hydrogen (secondary N) is 2. The molecule has 2 rings (SSSR count). The van der Waals surface area contributed by atoms with Gasteiger partial charge in [-0.2, -0.15) is 0 Å². The molecule has 0 saturated heterocycles. The Kier molecular flexibility index (Phi) is 7.09. The Morgan fingerprint density at radius 3 is 1.26 bits per heavy atom. The second-order valence-electron chi connectivity index (χ2n) is 9.14. The average molecular weight is 379 g/mol. The molecular formula is C21H38N4O2. The summed E-state index contributed by atoms with van der Waals surface area (Å²) in [6, 6.07) is 0.806. The molecule has 4 unspecified atom stereocenters. The van der Waals surface area contributed by atoms with Crippen LogP contribution in [0, 0.1) is 23.7 Å². The fourth-order valence-corrected chi connectivity index (χ4v) is 4.65. The third kappa shape index (κ3) is 4.72. The molecule has 0 aromatic carbocycles. The monoisotopic (exact) mass is 378 g/mol. The van der Waals surface area contributed by atoms with Crippen molar-refractivity contribution in [2.45, 2.75) is 86.0 Å². The molecule has 154 valence electrons. The zero-order valence-electron chi connectivity index (χ0n) is 18.2. The van der Waals surface area contributed by atoms with Crippen molar-refractivity contribution in [3.05, 3.63) is 12.2 Å². The van der Waals surface area contributed by atoms with Gasteiger partial charge in [0, 0.05) is 24.2 Å². The molecule has 27 heavy (non-hydrogen) atoms. The summed E-state index contributed by atoms with van der Waals surface area (Å²) in [4.78, 5) is 26.3. The number of rotatable bonds is 8. The zero-order chi connectivity index (χ0) is 20.5. The molecule has 0 spiro atoms. The standard InChI is InChI=1S/C21H38N4O2/c1-12(2)24(13(3)4)22-20(26)18-16-9-10-17(11-16)19(18)21(27)23-25(14(5)6)15(7)8/h9-10,12-19H,11H2,1-8H3,(H,22,26)(H,23,27). The lowest BCUT2D eigenvalue weighted by atomic mass is 9.82. The van der Waals surface area contributed by atoms with Crippen molar-refractivity contribution in [1.82, 2.24) is 20.9 Å². The molecule has 0 aliphatic heterocycles. The number of fused-ring (bicyclic) bond motifs is 2. The van der Waals surface area contributed by atoms with Gasteiger partial charge in [0.1, 0.15) is 0 Å². The fraction of sp³-hybridized carbons (Fsp3) is 0.810. The summed E-state index contributed by atoms with van der Waals surface area (Å²) in [6.07, 6.45) is 5.13. The second kappa shape index (κ2) is 8.74. The number of amides is 2. The molecule has 2 amide bonds. The zero-order valence-corrected chi connectivity index (χ0v) is 18.2. The highest BCUT2D eigenvalue weighted by Gasteiger charge is 2.52. The fourth-order valence-electron chi connectivity index (χ4n) is 4.65. The molecule has 2 aliphatic carbocycles. The van der Waals surface area contributed by atoms with E-state index in [-0.39, 0.29) is 59.7 Å². The number of hydrazine groups is 2. The van der Waals surface area contributed by atoms with Gasteiger partial charge in [-0.05, 0) is 73.6 Å². The van der Waals surface area contributed by atoms with Gasteiger partial charge in [-0.3, -0.25) is 20.4 Å². The average Bonchev–Trinajstić information content (AvgIpc) is 3.16. The summed E-state index contributed by atoms with van der Waals surface area (Å²) in [6.45, 7) is 16.5. The van der Waals surface area contributed by atoms with Gasteiger partial charge in [0.25, 0.3) is 0 Å². The summed E-state index contributed by atoms with van der Waals surface area (Å²) < 4.78 is 0. The van der Waals surface area contributed by atoms with Crippen molar-refractivity contribution in [2.75, 3.05) is 0 Å². The van der Waals surface area contributed by atoms with Crippen LogP contribution in [-0.2, 0) is 9.59 Å². The first-order valence-corrected chi connectivity index (χ1v) is 10.4. The van der Waals surface area contributed by atoms with Gasteiger partial charge in [0.15, 0.2) is 0 Å². The third-order valence-electron chi connectivity index (χ3n) is 5.77. The summed E-state index contributed by atoms with van der Waals surface area (Å²) in [5.41, 5.74) is 6.19. The molecule has 6 heteroatoms. The smallest absolute Gasteiger partial charge is 0.238 e. The summed E-state index contributed by atoms with van der Waals surface area (Å²) in [5.74, 6) is -0.371. The van der Waals surface area contributed by atoms with Crippen LogP contribution < -0.4 is 10.9 Å². The van der Waals surface area contributed by atoms with Gasteiger partial charge in [-0.1, -0.05) is 12.2 Å². The maximum Gasteiger partial charge on any atom is 0.238 e. The van der Waals surface area contributed by atoms with Crippen molar-refractivity contribution in [3.63, 3.8) is 0 Å². The first-order chi connectivity index (χ1) is 12.5. The maximum atomic E-state index is 13.1. The van der Waals surface area contributed by atoms with Gasteiger partial charge in [0.05, 0.1) is 11.8 Å². The Balaban J connectivity index is 2.16. The minimum Gasteiger partial charge on any atom is -0.288 e. The predicted molar refractivity (Wildman–Crippen MR) is 108 cm³/mol. The van der Waals surface area contributed by atoms with E-state index in [1.807, 2.05) is 10.0 Å². The number of allylic oxidation sites excluding steroid dienone is 2. The number of carbonyl (C=O) groups excluding carboxylic acids is 2. The number of carbonyl (C=O) groups is 2. The van der Waals surface area contributed by atoms with E-state index in [0.717, 1.165) is 6.42 Å². The van der Waals surface area contributed by atoms with Crippen LogP contribution >= 0.6 is 0 Å². The van der Waals surface area contributed by atoms with Crippen molar-refractivity contribution >= 4 is 11.8 Å². The molecule has 6 nitrogen and oxygen atoms in total. The molecule has 0 heterocycles. The highest BCUT2D eigenvalue weighted by atomic mass is 16.2. The molecule has 0 aromatic heterocycles. The van der Waals surface area contributed by atoms with Crippen molar-refractivity contribution in [1.29, 1.82) is 0 Å². The van der Waals surface area contributed by atoms with Crippen molar-refractivity contribution in [2.24, 2.45) is 23.7 Å². The van der Waals surface area contributed by atoms with Crippen LogP contribution in [0.3, 0.4) is 0 Å². The number of nitrogens with zero attached hydrogens (tertiary/aromatic N) is 2. The van der Waals surface area contributed by atoms with E-state index < -0.39 is 0 Å². The highest BCUT2D eigenvalue weighted by Crippen LogP contribution is 2.48. The molecule has 0 aromatic rings. The van der Waals surface area contributed by atoms with E-state index >= 15 is 0 Å². The van der Waals surface area contributed by atoms with Crippen LogP contribution in [-0.4, -0.2) is 46.0 Å². The Bertz CT molecular complexity index is 507. The molecule has 1 fully saturated rings. The Morgan fingerprint density at radius 2 is 1.00 bits per heavy atom. The van der Waals surface area contributed by atoms with E-state index in [2.05, 4.69) is 78.4 Å². The molecule has 2 aliphatic rings. The molecule has 2 N–H and O–H groups in total. The third-order valence-corrected chi connectivity index (χ3v) is 5.77. The number of hydrogen-bond donors (Lipinski definition) is 2. The highest BCUT2D eigenvalue weighted by molar-refractivity contribution is 5.89. The van der Waals surface area contributed by atoms with Crippen LogP contribution in [0.1, 0.15) is 61.8 Å². The van der Waals surface area contributed by atoms with E-state index in [4.69, 9.17) is 0 Å². The Morgan fingerprint density at radius 1 is 0.704 bits per heavy atom. The van der Waals surface area contributed by atoms with Crippen LogP contribution in [0.25, 0.3) is 0 Å². The Hall–Kier alpha value is -1.40. The predicted octanol–water partition coefficient (Wildman–Crippen LogP) is 2.72. The van der Waals surface area contributed by atoms with Crippen LogP contribution in [0.2, 0.25) is 0 Å². The lowest BCUT2D eigenvalue weighted by Crippen LogP contribution is -2.56. The van der Waals surface area contributed by atoms with Gasteiger partial charge in [-0.15, -0.1) is 0 Å². The van der Waals surface area contributed by atoms with E-state index in [9.17, 15) is 9.59 Å². The molecule has 4 atom stereocenters. The van der Waals surface area contributed by atoms with Crippen molar-refractivity contribution in [3.8, 4) is 0 Å². The first kappa shape index (κ1) is 21.9. The second-order valence-corrected chi connectivity index (χ2v) is 9.14. The van der Waals surface area contributed by atoms with E-state index in [0.29, 0.717) is 0 Å². The quantitative estimate of drug-likeness (QED) is 0.503. The minimum atomic E-state index is -0.304. The maximum absolute atomic E-state index is 13.1. The minimum absolute atomic E-state index is 0.0324. The van der Waals surface area contributed by atoms with Gasteiger partial charge < -0.3 is 0 Å². The number of hydrogen-bond acceptors (Lipinski definition) is 4. The molecule has 1 saturated carbocycles. The van der Waals surface area contributed by atoms with Crippen LogP contribution in [0.4, 0.5) is 0 Å². The normalized spacial score (nSPS) is 27.0.